The van der Waals surface area contributed by atoms with Gasteiger partial charge in [-0.25, -0.2) is 13.8 Å². The molecule has 7 heteroatoms. The molecular formula is C20H23N3O3S. The van der Waals surface area contributed by atoms with Crippen molar-refractivity contribution in [2.45, 2.75) is 37.0 Å². The molecule has 3 rings (SSSR count). The summed E-state index contributed by atoms with van der Waals surface area (Å²) in [5.74, 6) is -0.298. The van der Waals surface area contributed by atoms with Crippen LogP contribution in [0.2, 0.25) is 0 Å². The van der Waals surface area contributed by atoms with E-state index in [-0.39, 0.29) is 10.8 Å². The number of nitrogens with zero attached hydrogens (tertiary/aromatic N) is 2. The van der Waals surface area contributed by atoms with Crippen molar-refractivity contribution in [2.75, 3.05) is 11.4 Å². The first kappa shape index (κ1) is 19.1. The quantitative estimate of drug-likeness (QED) is 0.799. The van der Waals surface area contributed by atoms with Crippen LogP contribution in [-0.2, 0) is 10.0 Å². The summed E-state index contributed by atoms with van der Waals surface area (Å²) in [5.41, 5.74) is 4.53. The summed E-state index contributed by atoms with van der Waals surface area (Å²) in [6.45, 7) is 0. The Bertz CT molecular complexity index is 915. The number of hydrazone groups is 1. The number of sulfonamides is 1. The van der Waals surface area contributed by atoms with Crippen molar-refractivity contribution in [3.05, 3.63) is 60.2 Å². The standard InChI is InChI=1S/C20H23N3O3S/c1-23(27(25,26)19-10-6-3-7-11-19)18-14-12-16(13-15-18)20(24)22-21-17-8-4-2-5-9-17/h3,6-7,10-15H,2,4-5,8-9H2,1H3,(H,22,24). The van der Waals surface area contributed by atoms with Gasteiger partial charge in [-0.15, -0.1) is 0 Å². The minimum atomic E-state index is -3.64. The lowest BCUT2D eigenvalue weighted by Gasteiger charge is -2.19. The molecule has 1 aliphatic rings. The van der Waals surface area contributed by atoms with Gasteiger partial charge in [0.2, 0.25) is 0 Å². The number of rotatable bonds is 5. The van der Waals surface area contributed by atoms with Crippen molar-refractivity contribution < 1.29 is 13.2 Å². The fourth-order valence-corrected chi connectivity index (χ4v) is 4.19. The Labute approximate surface area is 159 Å². The van der Waals surface area contributed by atoms with Crippen LogP contribution in [0.25, 0.3) is 0 Å². The van der Waals surface area contributed by atoms with Crippen LogP contribution in [0.5, 0.6) is 0 Å². The first-order valence-electron chi connectivity index (χ1n) is 8.98. The third-order valence-corrected chi connectivity index (χ3v) is 6.44. The van der Waals surface area contributed by atoms with Gasteiger partial charge in [0.15, 0.2) is 0 Å². The van der Waals surface area contributed by atoms with E-state index >= 15 is 0 Å². The van der Waals surface area contributed by atoms with Crippen molar-refractivity contribution in [3.8, 4) is 0 Å². The van der Waals surface area contributed by atoms with Crippen molar-refractivity contribution in [1.82, 2.24) is 5.43 Å². The molecule has 0 heterocycles. The second-order valence-electron chi connectivity index (χ2n) is 6.51. The zero-order valence-corrected chi connectivity index (χ0v) is 16.1. The van der Waals surface area contributed by atoms with Crippen molar-refractivity contribution in [2.24, 2.45) is 5.10 Å². The Balaban J connectivity index is 1.70. The summed E-state index contributed by atoms with van der Waals surface area (Å²) in [4.78, 5) is 12.5. The normalized spacial score (nSPS) is 14.5. The molecule has 27 heavy (non-hydrogen) atoms. The first-order chi connectivity index (χ1) is 13.0. The maximum absolute atomic E-state index is 12.7. The lowest BCUT2D eigenvalue weighted by Crippen LogP contribution is -2.26. The van der Waals surface area contributed by atoms with E-state index in [9.17, 15) is 13.2 Å². The second-order valence-corrected chi connectivity index (χ2v) is 8.48. The molecule has 1 aliphatic carbocycles. The van der Waals surface area contributed by atoms with Crippen LogP contribution < -0.4 is 9.73 Å². The van der Waals surface area contributed by atoms with Crippen LogP contribution in [0, 0.1) is 0 Å². The van der Waals surface area contributed by atoms with Gasteiger partial charge in [-0.1, -0.05) is 24.6 Å². The topological polar surface area (TPSA) is 78.8 Å². The Morgan fingerprint density at radius 2 is 1.59 bits per heavy atom. The van der Waals surface area contributed by atoms with E-state index in [1.165, 1.54) is 17.8 Å². The average molecular weight is 385 g/mol. The highest BCUT2D eigenvalue weighted by molar-refractivity contribution is 7.92. The van der Waals surface area contributed by atoms with Gasteiger partial charge in [0.25, 0.3) is 15.9 Å². The van der Waals surface area contributed by atoms with Crippen LogP contribution >= 0.6 is 0 Å². The maximum atomic E-state index is 12.7. The fraction of sp³-hybridized carbons (Fsp3) is 0.300. The number of hydrogen-bond donors (Lipinski definition) is 1. The van der Waals surface area contributed by atoms with E-state index in [0.29, 0.717) is 11.3 Å². The first-order valence-corrected chi connectivity index (χ1v) is 10.4. The van der Waals surface area contributed by atoms with Gasteiger partial charge < -0.3 is 0 Å². The summed E-state index contributed by atoms with van der Waals surface area (Å²) in [6, 6.07) is 14.7. The number of amides is 1. The zero-order valence-electron chi connectivity index (χ0n) is 15.3. The van der Waals surface area contributed by atoms with E-state index in [1.807, 2.05) is 0 Å². The molecule has 2 aromatic carbocycles. The van der Waals surface area contributed by atoms with Crippen molar-refractivity contribution in [3.63, 3.8) is 0 Å². The SMILES string of the molecule is CN(c1ccc(C(=O)NN=C2CCCCC2)cc1)S(=O)(=O)c1ccccc1. The van der Waals surface area contributed by atoms with Crippen molar-refractivity contribution in [1.29, 1.82) is 0 Å². The Morgan fingerprint density at radius 3 is 2.22 bits per heavy atom. The molecule has 0 saturated heterocycles. The Kier molecular flexibility index (Phi) is 5.91. The monoisotopic (exact) mass is 385 g/mol. The summed E-state index contributed by atoms with van der Waals surface area (Å²) in [6.07, 6.45) is 5.31. The van der Waals surface area contributed by atoms with Gasteiger partial charge in [0.1, 0.15) is 0 Å². The molecule has 1 saturated carbocycles. The Hall–Kier alpha value is -2.67. The highest BCUT2D eigenvalue weighted by Crippen LogP contribution is 2.22. The molecule has 1 fully saturated rings. The predicted molar refractivity (Wildman–Crippen MR) is 106 cm³/mol. The van der Waals surface area contributed by atoms with Gasteiger partial charge >= 0.3 is 0 Å². The van der Waals surface area contributed by atoms with Gasteiger partial charge in [-0.3, -0.25) is 9.10 Å². The molecule has 0 aromatic heterocycles. The molecule has 0 bridgehead atoms. The van der Waals surface area contributed by atoms with E-state index in [1.54, 1.807) is 54.6 Å². The molecule has 142 valence electrons. The van der Waals surface area contributed by atoms with E-state index in [4.69, 9.17) is 0 Å². The highest BCUT2D eigenvalue weighted by atomic mass is 32.2. The highest BCUT2D eigenvalue weighted by Gasteiger charge is 2.21. The number of benzene rings is 2. The molecule has 0 spiro atoms. The number of carbonyl (C=O) groups excluding carboxylic acids is 1. The number of anilines is 1. The van der Waals surface area contributed by atoms with Crippen LogP contribution in [0.15, 0.2) is 64.6 Å². The van der Waals surface area contributed by atoms with Gasteiger partial charge in [-0.2, -0.15) is 5.10 Å². The lowest BCUT2D eigenvalue weighted by molar-refractivity contribution is 0.0954. The van der Waals surface area contributed by atoms with Crippen LogP contribution in [0.3, 0.4) is 0 Å². The zero-order chi connectivity index (χ0) is 19.3. The van der Waals surface area contributed by atoms with Gasteiger partial charge in [0.05, 0.1) is 10.6 Å². The molecule has 2 aromatic rings. The molecule has 0 unspecified atom stereocenters. The number of carbonyl (C=O) groups is 1. The summed E-state index contributed by atoms with van der Waals surface area (Å²) < 4.78 is 26.5. The van der Waals surface area contributed by atoms with Gasteiger partial charge in [-0.05, 0) is 62.1 Å². The van der Waals surface area contributed by atoms with Gasteiger partial charge in [0, 0.05) is 18.3 Å². The summed E-state index contributed by atoms with van der Waals surface area (Å²) in [5, 5.41) is 4.21. The van der Waals surface area contributed by atoms with Crippen molar-refractivity contribution >= 4 is 27.3 Å². The minimum Gasteiger partial charge on any atom is -0.269 e. The second kappa shape index (κ2) is 8.35. The van der Waals surface area contributed by atoms with Crippen LogP contribution in [-0.4, -0.2) is 27.1 Å². The molecule has 6 nitrogen and oxygen atoms in total. The largest absolute Gasteiger partial charge is 0.271 e. The Morgan fingerprint density at radius 1 is 0.963 bits per heavy atom. The van der Waals surface area contributed by atoms with E-state index in [2.05, 4.69) is 10.5 Å². The molecule has 0 aliphatic heterocycles. The maximum Gasteiger partial charge on any atom is 0.271 e. The lowest BCUT2D eigenvalue weighted by atomic mass is 9.99. The predicted octanol–water partition coefficient (Wildman–Crippen LogP) is 3.56. The fourth-order valence-electron chi connectivity index (χ4n) is 2.98. The molecule has 1 N–H and O–H groups in total. The minimum absolute atomic E-state index is 0.220. The van der Waals surface area contributed by atoms with Crippen LogP contribution in [0.4, 0.5) is 5.69 Å². The third-order valence-electron chi connectivity index (χ3n) is 4.64. The van der Waals surface area contributed by atoms with E-state index in [0.717, 1.165) is 31.4 Å². The smallest absolute Gasteiger partial charge is 0.269 e. The molecule has 0 atom stereocenters. The van der Waals surface area contributed by atoms with E-state index < -0.39 is 10.0 Å². The molecule has 1 amide bonds. The molecule has 0 radical (unpaired) electrons. The third kappa shape index (κ3) is 4.54. The number of hydrogen-bond acceptors (Lipinski definition) is 4. The summed E-state index contributed by atoms with van der Waals surface area (Å²) in [7, 11) is -2.15. The van der Waals surface area contributed by atoms with Crippen LogP contribution in [0.1, 0.15) is 42.5 Å². The average Bonchev–Trinajstić information content (AvgIpc) is 2.73. The number of nitrogens with one attached hydrogen (secondary N) is 1. The summed E-state index contributed by atoms with van der Waals surface area (Å²) >= 11 is 0. The molecular weight excluding hydrogens is 362 g/mol.